The van der Waals surface area contributed by atoms with Gasteiger partial charge in [0.25, 0.3) is 0 Å². The van der Waals surface area contributed by atoms with E-state index < -0.39 is 0 Å². The standard InChI is InChI=1S/C12H23N3OS/c1-2-10(5-6-13)4-3-7-14-8-11-9-17-12(16)15-11/h9-10,14H,2-8,13H2,1H3,(H,15,16). The Bertz CT molecular complexity index is 348. The Balaban J connectivity index is 2.06. The Kier molecular flexibility index (Phi) is 7.16. The molecule has 0 aliphatic heterocycles. The zero-order chi connectivity index (χ0) is 12.5. The number of hydrogen-bond acceptors (Lipinski definition) is 4. The van der Waals surface area contributed by atoms with Gasteiger partial charge in [-0.05, 0) is 38.3 Å². The highest BCUT2D eigenvalue weighted by Crippen LogP contribution is 2.13. The minimum atomic E-state index is 0.0239. The third-order valence-corrected chi connectivity index (χ3v) is 3.72. The van der Waals surface area contributed by atoms with Crippen molar-refractivity contribution in [2.75, 3.05) is 13.1 Å². The fourth-order valence-corrected chi connectivity index (χ4v) is 2.51. The summed E-state index contributed by atoms with van der Waals surface area (Å²) >= 11 is 1.22. The van der Waals surface area contributed by atoms with E-state index >= 15 is 0 Å². The molecule has 0 radical (unpaired) electrons. The number of nitrogens with two attached hydrogens (primary N) is 1. The highest BCUT2D eigenvalue weighted by atomic mass is 32.1. The van der Waals surface area contributed by atoms with E-state index in [1.165, 1.54) is 30.6 Å². The molecule has 4 N–H and O–H groups in total. The van der Waals surface area contributed by atoms with Crippen molar-refractivity contribution in [2.24, 2.45) is 11.7 Å². The summed E-state index contributed by atoms with van der Waals surface area (Å²) < 4.78 is 0. The summed E-state index contributed by atoms with van der Waals surface area (Å²) in [5.74, 6) is 0.766. The first-order valence-corrected chi connectivity index (χ1v) is 7.21. The highest BCUT2D eigenvalue weighted by molar-refractivity contribution is 7.07. The number of aromatic amines is 1. The molecule has 0 spiro atoms. The van der Waals surface area contributed by atoms with Crippen molar-refractivity contribution in [2.45, 2.75) is 39.2 Å². The van der Waals surface area contributed by atoms with Gasteiger partial charge in [0.1, 0.15) is 0 Å². The molecule has 0 saturated heterocycles. The molecule has 0 bridgehead atoms. The second-order valence-corrected chi connectivity index (χ2v) is 5.19. The van der Waals surface area contributed by atoms with E-state index in [9.17, 15) is 4.79 Å². The number of thiazole rings is 1. The van der Waals surface area contributed by atoms with Crippen LogP contribution in [0.2, 0.25) is 0 Å². The summed E-state index contributed by atoms with van der Waals surface area (Å²) in [7, 11) is 0. The van der Waals surface area contributed by atoms with Crippen LogP contribution in [0.5, 0.6) is 0 Å². The van der Waals surface area contributed by atoms with Gasteiger partial charge >= 0.3 is 4.87 Å². The lowest BCUT2D eigenvalue weighted by Crippen LogP contribution is -2.17. The molecule has 0 aliphatic rings. The topological polar surface area (TPSA) is 70.9 Å². The van der Waals surface area contributed by atoms with Crippen LogP contribution in [0, 0.1) is 5.92 Å². The number of rotatable bonds is 9. The van der Waals surface area contributed by atoms with Crippen molar-refractivity contribution < 1.29 is 0 Å². The summed E-state index contributed by atoms with van der Waals surface area (Å²) in [5, 5.41) is 5.22. The lowest BCUT2D eigenvalue weighted by molar-refractivity contribution is 0.422. The molecule has 0 aliphatic carbocycles. The van der Waals surface area contributed by atoms with Crippen LogP contribution >= 0.6 is 11.3 Å². The lowest BCUT2D eigenvalue weighted by atomic mass is 9.97. The van der Waals surface area contributed by atoms with Crippen LogP contribution in [0.15, 0.2) is 10.2 Å². The molecule has 1 atom stereocenters. The predicted molar refractivity (Wildman–Crippen MR) is 73.3 cm³/mol. The van der Waals surface area contributed by atoms with Gasteiger partial charge in [0.05, 0.1) is 0 Å². The summed E-state index contributed by atoms with van der Waals surface area (Å²) in [4.78, 5) is 13.7. The normalized spacial score (nSPS) is 12.8. The third-order valence-electron chi connectivity index (χ3n) is 3.00. The monoisotopic (exact) mass is 257 g/mol. The fraction of sp³-hybridized carbons (Fsp3) is 0.750. The molecule has 1 heterocycles. The highest BCUT2D eigenvalue weighted by Gasteiger charge is 2.04. The minimum Gasteiger partial charge on any atom is -0.330 e. The van der Waals surface area contributed by atoms with Gasteiger partial charge < -0.3 is 16.0 Å². The Morgan fingerprint density at radius 3 is 2.94 bits per heavy atom. The molecular weight excluding hydrogens is 234 g/mol. The Morgan fingerprint density at radius 2 is 2.35 bits per heavy atom. The maximum absolute atomic E-state index is 10.9. The van der Waals surface area contributed by atoms with Crippen LogP contribution in [0.1, 0.15) is 38.3 Å². The second-order valence-electron chi connectivity index (χ2n) is 4.34. The van der Waals surface area contributed by atoms with Crippen LogP contribution < -0.4 is 15.9 Å². The zero-order valence-corrected chi connectivity index (χ0v) is 11.3. The van der Waals surface area contributed by atoms with Crippen molar-refractivity contribution in [1.82, 2.24) is 10.3 Å². The van der Waals surface area contributed by atoms with Gasteiger partial charge in [-0.2, -0.15) is 0 Å². The van der Waals surface area contributed by atoms with Crippen LogP contribution in [0.25, 0.3) is 0 Å². The average molecular weight is 257 g/mol. The quantitative estimate of drug-likeness (QED) is 0.589. The molecule has 1 rings (SSSR count). The number of nitrogens with one attached hydrogen (secondary N) is 2. The molecule has 17 heavy (non-hydrogen) atoms. The van der Waals surface area contributed by atoms with Crippen LogP contribution in [-0.4, -0.2) is 18.1 Å². The number of H-pyrrole nitrogens is 1. The van der Waals surface area contributed by atoms with Gasteiger partial charge in [0.15, 0.2) is 0 Å². The molecule has 1 unspecified atom stereocenters. The van der Waals surface area contributed by atoms with Gasteiger partial charge in [-0.25, -0.2) is 0 Å². The third kappa shape index (κ3) is 6.00. The van der Waals surface area contributed by atoms with E-state index in [-0.39, 0.29) is 4.87 Å². The summed E-state index contributed by atoms with van der Waals surface area (Å²) in [6.45, 7) is 4.78. The fourth-order valence-electron chi connectivity index (χ4n) is 1.93. The van der Waals surface area contributed by atoms with Crippen molar-refractivity contribution >= 4 is 11.3 Å². The first kappa shape index (κ1) is 14.4. The van der Waals surface area contributed by atoms with Crippen LogP contribution in [0.3, 0.4) is 0 Å². The van der Waals surface area contributed by atoms with E-state index in [1.807, 2.05) is 5.38 Å². The van der Waals surface area contributed by atoms with Gasteiger partial charge in [-0.1, -0.05) is 24.7 Å². The summed E-state index contributed by atoms with van der Waals surface area (Å²) in [6.07, 6.45) is 4.76. The predicted octanol–water partition coefficient (Wildman–Crippen LogP) is 1.68. The molecule has 0 aromatic carbocycles. The smallest absolute Gasteiger partial charge is 0.304 e. The molecule has 5 heteroatoms. The lowest BCUT2D eigenvalue weighted by Gasteiger charge is -2.13. The molecule has 98 valence electrons. The van der Waals surface area contributed by atoms with Crippen LogP contribution in [0.4, 0.5) is 0 Å². The largest absolute Gasteiger partial charge is 0.330 e. The average Bonchev–Trinajstić information content (AvgIpc) is 2.73. The first-order valence-electron chi connectivity index (χ1n) is 6.33. The van der Waals surface area contributed by atoms with E-state index in [2.05, 4.69) is 17.2 Å². The molecular formula is C12H23N3OS. The van der Waals surface area contributed by atoms with E-state index in [0.717, 1.165) is 37.7 Å². The number of hydrogen-bond donors (Lipinski definition) is 3. The molecule has 1 aromatic rings. The molecule has 0 saturated carbocycles. The summed E-state index contributed by atoms with van der Waals surface area (Å²) in [6, 6.07) is 0. The van der Waals surface area contributed by atoms with Gasteiger partial charge in [0, 0.05) is 17.6 Å². The van der Waals surface area contributed by atoms with Crippen molar-refractivity contribution in [3.8, 4) is 0 Å². The Hall–Kier alpha value is -0.650. The van der Waals surface area contributed by atoms with Crippen LogP contribution in [-0.2, 0) is 6.54 Å². The van der Waals surface area contributed by atoms with Crippen molar-refractivity contribution in [3.05, 3.63) is 20.7 Å². The van der Waals surface area contributed by atoms with E-state index in [1.54, 1.807) is 0 Å². The Morgan fingerprint density at radius 1 is 1.53 bits per heavy atom. The molecule has 4 nitrogen and oxygen atoms in total. The van der Waals surface area contributed by atoms with Gasteiger partial charge in [-0.15, -0.1) is 0 Å². The zero-order valence-electron chi connectivity index (χ0n) is 10.5. The number of aromatic nitrogens is 1. The molecule has 1 aromatic heterocycles. The van der Waals surface area contributed by atoms with Crippen molar-refractivity contribution in [3.63, 3.8) is 0 Å². The maximum atomic E-state index is 10.9. The van der Waals surface area contributed by atoms with Gasteiger partial charge in [-0.3, -0.25) is 4.79 Å². The first-order chi connectivity index (χ1) is 8.26. The molecule has 0 amide bonds. The second kappa shape index (κ2) is 8.44. The van der Waals surface area contributed by atoms with E-state index in [4.69, 9.17) is 5.73 Å². The maximum Gasteiger partial charge on any atom is 0.304 e. The summed E-state index contributed by atoms with van der Waals surface area (Å²) in [5.41, 5.74) is 6.55. The molecule has 0 fully saturated rings. The van der Waals surface area contributed by atoms with E-state index in [0.29, 0.717) is 0 Å². The van der Waals surface area contributed by atoms with Crippen molar-refractivity contribution in [1.29, 1.82) is 0 Å². The SMILES string of the molecule is CCC(CCN)CCCNCc1csc(=O)[nH]1. The Labute approximate surface area is 107 Å². The minimum absolute atomic E-state index is 0.0239. The van der Waals surface area contributed by atoms with Gasteiger partial charge in [0.2, 0.25) is 0 Å².